The van der Waals surface area contributed by atoms with Gasteiger partial charge in [-0.25, -0.2) is 0 Å². The molecular formula is C13H14O2S. The minimum atomic E-state index is -0.568. The molecule has 1 atom stereocenters. The quantitative estimate of drug-likeness (QED) is 0.884. The van der Waals surface area contributed by atoms with Crippen LogP contribution in [0.4, 0.5) is 0 Å². The highest BCUT2D eigenvalue weighted by atomic mass is 32.1. The van der Waals surface area contributed by atoms with Crippen molar-refractivity contribution in [3.05, 3.63) is 51.7 Å². The molecule has 2 nitrogen and oxygen atoms in total. The number of aliphatic hydroxyl groups excluding tert-OH is 1. The van der Waals surface area contributed by atoms with E-state index in [4.69, 9.17) is 4.74 Å². The van der Waals surface area contributed by atoms with E-state index in [1.807, 2.05) is 42.6 Å². The highest BCUT2D eigenvalue weighted by Gasteiger charge is 2.13. The van der Waals surface area contributed by atoms with E-state index in [-0.39, 0.29) is 0 Å². The van der Waals surface area contributed by atoms with Crippen LogP contribution in [-0.4, -0.2) is 12.2 Å². The van der Waals surface area contributed by atoms with Crippen LogP contribution < -0.4 is 4.74 Å². The Morgan fingerprint density at radius 3 is 2.75 bits per heavy atom. The fraction of sp³-hybridized carbons (Fsp3) is 0.231. The second kappa shape index (κ2) is 4.68. The first-order valence-corrected chi connectivity index (χ1v) is 5.96. The molecule has 0 saturated carbocycles. The normalized spacial score (nSPS) is 12.4. The summed E-state index contributed by atoms with van der Waals surface area (Å²) in [5.41, 5.74) is 1.83. The van der Waals surface area contributed by atoms with Gasteiger partial charge in [-0.05, 0) is 41.6 Å². The van der Waals surface area contributed by atoms with Crippen molar-refractivity contribution in [2.24, 2.45) is 0 Å². The molecule has 0 amide bonds. The van der Waals surface area contributed by atoms with E-state index < -0.39 is 6.10 Å². The van der Waals surface area contributed by atoms with Crippen molar-refractivity contribution in [1.29, 1.82) is 0 Å². The molecule has 0 bridgehead atoms. The number of benzene rings is 1. The van der Waals surface area contributed by atoms with E-state index in [0.717, 1.165) is 21.8 Å². The Morgan fingerprint density at radius 1 is 1.31 bits per heavy atom. The molecule has 1 N–H and O–H groups in total. The minimum Gasteiger partial charge on any atom is -0.497 e. The van der Waals surface area contributed by atoms with Crippen LogP contribution in [0.5, 0.6) is 5.75 Å². The van der Waals surface area contributed by atoms with Gasteiger partial charge in [0, 0.05) is 4.88 Å². The Morgan fingerprint density at radius 2 is 2.12 bits per heavy atom. The molecule has 1 heterocycles. The van der Waals surface area contributed by atoms with E-state index in [9.17, 15) is 5.11 Å². The average Bonchev–Trinajstić information content (AvgIpc) is 2.74. The topological polar surface area (TPSA) is 29.5 Å². The predicted octanol–water partition coefficient (Wildman–Crippen LogP) is 3.15. The fourth-order valence-corrected chi connectivity index (χ4v) is 2.40. The lowest BCUT2D eigenvalue weighted by Gasteiger charge is -2.12. The zero-order valence-electron chi connectivity index (χ0n) is 9.31. The van der Waals surface area contributed by atoms with Crippen molar-refractivity contribution >= 4 is 11.3 Å². The molecule has 2 aromatic rings. The van der Waals surface area contributed by atoms with Crippen LogP contribution in [0.25, 0.3) is 0 Å². The summed E-state index contributed by atoms with van der Waals surface area (Å²) in [6.07, 6.45) is -0.568. The molecule has 0 saturated heterocycles. The van der Waals surface area contributed by atoms with Crippen LogP contribution in [0.3, 0.4) is 0 Å². The molecule has 16 heavy (non-hydrogen) atoms. The van der Waals surface area contributed by atoms with Gasteiger partial charge in [0.05, 0.1) is 7.11 Å². The second-order valence-corrected chi connectivity index (χ2v) is 4.73. The van der Waals surface area contributed by atoms with Crippen LogP contribution in [0.15, 0.2) is 35.7 Å². The molecule has 1 aromatic carbocycles. The molecule has 0 radical (unpaired) electrons. The van der Waals surface area contributed by atoms with Gasteiger partial charge in [0.1, 0.15) is 11.9 Å². The summed E-state index contributed by atoms with van der Waals surface area (Å²) in [6.45, 7) is 2.02. The molecule has 84 valence electrons. The van der Waals surface area contributed by atoms with E-state index in [2.05, 4.69) is 0 Å². The van der Waals surface area contributed by atoms with Gasteiger partial charge in [0.15, 0.2) is 0 Å². The molecular weight excluding hydrogens is 220 g/mol. The summed E-state index contributed by atoms with van der Waals surface area (Å²) < 4.78 is 5.14. The number of hydrogen-bond donors (Lipinski definition) is 1. The van der Waals surface area contributed by atoms with Gasteiger partial charge >= 0.3 is 0 Å². The maximum atomic E-state index is 10.2. The SMILES string of the molecule is COc1cccc(C(O)c2ccsc2C)c1. The number of ether oxygens (including phenoxy) is 1. The second-order valence-electron chi connectivity index (χ2n) is 3.61. The molecule has 1 unspecified atom stereocenters. The number of aliphatic hydroxyl groups is 1. The van der Waals surface area contributed by atoms with Crippen molar-refractivity contribution < 1.29 is 9.84 Å². The third-order valence-electron chi connectivity index (χ3n) is 2.60. The summed E-state index contributed by atoms with van der Waals surface area (Å²) in [5, 5.41) is 12.2. The fourth-order valence-electron chi connectivity index (χ4n) is 1.67. The van der Waals surface area contributed by atoms with E-state index in [1.165, 1.54) is 0 Å². The van der Waals surface area contributed by atoms with E-state index in [1.54, 1.807) is 18.4 Å². The number of rotatable bonds is 3. The highest BCUT2D eigenvalue weighted by molar-refractivity contribution is 7.10. The van der Waals surface area contributed by atoms with Crippen LogP contribution in [-0.2, 0) is 0 Å². The smallest absolute Gasteiger partial charge is 0.119 e. The molecule has 0 fully saturated rings. The Kier molecular flexibility index (Phi) is 3.27. The largest absolute Gasteiger partial charge is 0.497 e. The summed E-state index contributed by atoms with van der Waals surface area (Å²) in [4.78, 5) is 1.15. The molecule has 1 aromatic heterocycles. The third-order valence-corrected chi connectivity index (χ3v) is 3.46. The summed E-state index contributed by atoms with van der Waals surface area (Å²) >= 11 is 1.65. The van der Waals surface area contributed by atoms with Gasteiger partial charge < -0.3 is 9.84 Å². The maximum Gasteiger partial charge on any atom is 0.119 e. The van der Waals surface area contributed by atoms with Gasteiger partial charge in [-0.15, -0.1) is 11.3 Å². The molecule has 0 aliphatic carbocycles. The minimum absolute atomic E-state index is 0.568. The zero-order valence-corrected chi connectivity index (χ0v) is 10.1. The first-order chi connectivity index (χ1) is 7.72. The third kappa shape index (κ3) is 2.10. The highest BCUT2D eigenvalue weighted by Crippen LogP contribution is 2.29. The lowest BCUT2D eigenvalue weighted by atomic mass is 10.0. The molecule has 0 aliphatic rings. The van der Waals surface area contributed by atoms with Gasteiger partial charge in [-0.3, -0.25) is 0 Å². The average molecular weight is 234 g/mol. The predicted molar refractivity (Wildman–Crippen MR) is 66.1 cm³/mol. The van der Waals surface area contributed by atoms with Crippen LogP contribution in [0.1, 0.15) is 22.1 Å². The Balaban J connectivity index is 2.33. The number of hydrogen-bond acceptors (Lipinski definition) is 3. The van der Waals surface area contributed by atoms with E-state index >= 15 is 0 Å². The van der Waals surface area contributed by atoms with Crippen LogP contribution in [0.2, 0.25) is 0 Å². The number of aryl methyl sites for hydroxylation is 1. The van der Waals surface area contributed by atoms with Crippen LogP contribution >= 0.6 is 11.3 Å². The standard InChI is InChI=1S/C13H14O2S/c1-9-12(6-7-16-9)13(14)10-4-3-5-11(8-10)15-2/h3-8,13-14H,1-2H3. The van der Waals surface area contributed by atoms with E-state index in [0.29, 0.717) is 0 Å². The number of thiophene rings is 1. The summed E-state index contributed by atoms with van der Waals surface area (Å²) in [5.74, 6) is 0.768. The van der Waals surface area contributed by atoms with Gasteiger partial charge in [-0.1, -0.05) is 12.1 Å². The Hall–Kier alpha value is -1.32. The first-order valence-electron chi connectivity index (χ1n) is 5.08. The van der Waals surface area contributed by atoms with Crippen molar-refractivity contribution in [2.45, 2.75) is 13.0 Å². The maximum absolute atomic E-state index is 10.2. The van der Waals surface area contributed by atoms with Crippen molar-refractivity contribution in [3.63, 3.8) is 0 Å². The first kappa shape index (κ1) is 11.2. The zero-order chi connectivity index (χ0) is 11.5. The van der Waals surface area contributed by atoms with Crippen molar-refractivity contribution in [1.82, 2.24) is 0 Å². The lowest BCUT2D eigenvalue weighted by Crippen LogP contribution is -1.99. The molecule has 2 rings (SSSR count). The Labute approximate surface area is 99.1 Å². The van der Waals surface area contributed by atoms with Gasteiger partial charge in [0.2, 0.25) is 0 Å². The van der Waals surface area contributed by atoms with Gasteiger partial charge in [0.25, 0.3) is 0 Å². The van der Waals surface area contributed by atoms with Crippen molar-refractivity contribution in [2.75, 3.05) is 7.11 Å². The van der Waals surface area contributed by atoms with Crippen molar-refractivity contribution in [3.8, 4) is 5.75 Å². The lowest BCUT2D eigenvalue weighted by molar-refractivity contribution is 0.219. The summed E-state index contributed by atoms with van der Waals surface area (Å²) in [7, 11) is 1.63. The molecule has 0 spiro atoms. The van der Waals surface area contributed by atoms with Crippen LogP contribution in [0, 0.1) is 6.92 Å². The monoisotopic (exact) mass is 234 g/mol. The number of methoxy groups -OCH3 is 1. The Bertz CT molecular complexity index is 476. The molecule has 3 heteroatoms. The molecule has 0 aliphatic heterocycles. The summed E-state index contributed by atoms with van der Waals surface area (Å²) in [6, 6.07) is 9.49. The van der Waals surface area contributed by atoms with Gasteiger partial charge in [-0.2, -0.15) is 0 Å².